The van der Waals surface area contributed by atoms with E-state index in [1.54, 1.807) is 11.4 Å². The zero-order valence-corrected chi connectivity index (χ0v) is 9.05. The number of thioether (sulfide) groups is 1. The Morgan fingerprint density at radius 2 is 2.29 bits per heavy atom. The molecule has 0 atom stereocenters. The number of carbonyl (C=O) groups is 1. The molecule has 0 spiro atoms. The second-order valence-corrected chi connectivity index (χ2v) is 4.55. The fourth-order valence-electron chi connectivity index (χ4n) is 1.30. The molecule has 0 saturated carbocycles. The van der Waals surface area contributed by atoms with E-state index in [-0.39, 0.29) is 5.82 Å². The van der Waals surface area contributed by atoms with Crippen LogP contribution in [0.3, 0.4) is 0 Å². The highest BCUT2D eigenvalue weighted by molar-refractivity contribution is 7.98. The standard InChI is InChI=1S/C10H7FOS2/c1-13-10-2-7-6(4-12)5-14-9(7)3-8(10)11/h2-5H,1H3. The van der Waals surface area contributed by atoms with Gasteiger partial charge in [0, 0.05) is 25.9 Å². The molecule has 0 aliphatic carbocycles. The summed E-state index contributed by atoms with van der Waals surface area (Å²) in [4.78, 5) is 11.3. The summed E-state index contributed by atoms with van der Waals surface area (Å²) in [6, 6.07) is 3.22. The highest BCUT2D eigenvalue weighted by atomic mass is 32.2. The number of hydrogen-bond acceptors (Lipinski definition) is 3. The molecule has 1 aromatic heterocycles. The molecule has 4 heteroatoms. The van der Waals surface area contributed by atoms with Crippen molar-refractivity contribution in [1.82, 2.24) is 0 Å². The number of halogens is 1. The maximum atomic E-state index is 13.3. The average Bonchev–Trinajstić information content (AvgIpc) is 2.58. The molecule has 0 fully saturated rings. The summed E-state index contributed by atoms with van der Waals surface area (Å²) in [5.41, 5.74) is 0.639. The zero-order chi connectivity index (χ0) is 10.1. The molecule has 2 rings (SSSR count). The van der Waals surface area contributed by atoms with Crippen molar-refractivity contribution in [3.8, 4) is 0 Å². The third-order valence-electron chi connectivity index (χ3n) is 2.00. The number of hydrogen-bond donors (Lipinski definition) is 0. The lowest BCUT2D eigenvalue weighted by Gasteiger charge is -1.99. The van der Waals surface area contributed by atoms with Crippen molar-refractivity contribution < 1.29 is 9.18 Å². The summed E-state index contributed by atoms with van der Waals surface area (Å²) in [7, 11) is 0. The van der Waals surface area contributed by atoms with Crippen LogP contribution < -0.4 is 0 Å². The van der Waals surface area contributed by atoms with Gasteiger partial charge in [-0.2, -0.15) is 0 Å². The van der Waals surface area contributed by atoms with Gasteiger partial charge in [-0.05, 0) is 18.4 Å². The molecule has 0 aliphatic heterocycles. The minimum atomic E-state index is -0.218. The highest BCUT2D eigenvalue weighted by Crippen LogP contribution is 2.31. The summed E-state index contributed by atoms with van der Waals surface area (Å²) >= 11 is 2.74. The highest BCUT2D eigenvalue weighted by Gasteiger charge is 2.08. The van der Waals surface area contributed by atoms with Gasteiger partial charge in [0.2, 0.25) is 0 Å². The van der Waals surface area contributed by atoms with Gasteiger partial charge in [-0.15, -0.1) is 23.1 Å². The van der Waals surface area contributed by atoms with Gasteiger partial charge < -0.3 is 0 Å². The fraction of sp³-hybridized carbons (Fsp3) is 0.100. The third-order valence-corrected chi connectivity index (χ3v) is 3.72. The first-order chi connectivity index (χ1) is 6.76. The predicted molar refractivity (Wildman–Crippen MR) is 59.0 cm³/mol. The quantitative estimate of drug-likeness (QED) is 0.575. The smallest absolute Gasteiger partial charge is 0.151 e. The first-order valence-corrected chi connectivity index (χ1v) is 6.06. The molecule has 0 amide bonds. The second kappa shape index (κ2) is 3.71. The lowest BCUT2D eigenvalue weighted by atomic mass is 10.2. The monoisotopic (exact) mass is 226 g/mol. The van der Waals surface area contributed by atoms with Crippen LogP contribution in [0.15, 0.2) is 22.4 Å². The Hall–Kier alpha value is -0.870. The van der Waals surface area contributed by atoms with Crippen molar-refractivity contribution in [1.29, 1.82) is 0 Å². The van der Waals surface area contributed by atoms with Crippen molar-refractivity contribution in [2.45, 2.75) is 4.90 Å². The second-order valence-electron chi connectivity index (χ2n) is 2.79. The third kappa shape index (κ3) is 1.44. The lowest BCUT2D eigenvalue weighted by Crippen LogP contribution is -1.81. The maximum absolute atomic E-state index is 13.3. The first kappa shape index (κ1) is 9.68. The summed E-state index contributed by atoms with van der Waals surface area (Å²) in [5, 5.41) is 2.59. The van der Waals surface area contributed by atoms with Crippen LogP contribution >= 0.6 is 23.1 Å². The van der Waals surface area contributed by atoms with Crippen molar-refractivity contribution in [3.05, 3.63) is 28.9 Å². The molecule has 14 heavy (non-hydrogen) atoms. The number of thiophene rings is 1. The van der Waals surface area contributed by atoms with E-state index in [1.807, 2.05) is 6.26 Å². The molecular weight excluding hydrogens is 219 g/mol. The molecule has 1 aromatic carbocycles. The Balaban J connectivity index is 2.76. The molecule has 1 heterocycles. The Labute approximate surface area is 88.9 Å². The fourth-order valence-corrected chi connectivity index (χ4v) is 2.70. The van der Waals surface area contributed by atoms with E-state index in [0.717, 1.165) is 16.4 Å². The normalized spacial score (nSPS) is 10.7. The molecule has 0 bridgehead atoms. The van der Waals surface area contributed by atoms with Crippen LogP contribution in [0.5, 0.6) is 0 Å². The molecule has 0 unspecified atom stereocenters. The van der Waals surface area contributed by atoms with Crippen LogP contribution in [-0.2, 0) is 0 Å². The maximum Gasteiger partial charge on any atom is 0.151 e. The molecule has 0 saturated heterocycles. The minimum absolute atomic E-state index is 0.218. The van der Waals surface area contributed by atoms with E-state index in [1.165, 1.54) is 29.2 Å². The van der Waals surface area contributed by atoms with Crippen molar-refractivity contribution in [2.24, 2.45) is 0 Å². The summed E-state index contributed by atoms with van der Waals surface area (Å²) < 4.78 is 14.2. The molecule has 0 N–H and O–H groups in total. The first-order valence-electron chi connectivity index (χ1n) is 3.96. The van der Waals surface area contributed by atoms with Gasteiger partial charge in [0.15, 0.2) is 6.29 Å². The Bertz CT molecular complexity index is 490. The molecule has 72 valence electrons. The van der Waals surface area contributed by atoms with Gasteiger partial charge >= 0.3 is 0 Å². The number of carbonyl (C=O) groups excluding carboxylic acids is 1. The zero-order valence-electron chi connectivity index (χ0n) is 7.41. The van der Waals surface area contributed by atoms with Crippen LogP contribution in [-0.4, -0.2) is 12.5 Å². The van der Waals surface area contributed by atoms with Crippen molar-refractivity contribution in [3.63, 3.8) is 0 Å². The molecule has 2 aromatic rings. The Kier molecular flexibility index (Phi) is 2.56. The molecule has 1 nitrogen and oxygen atoms in total. The number of aldehydes is 1. The largest absolute Gasteiger partial charge is 0.298 e. The van der Waals surface area contributed by atoms with Gasteiger partial charge in [-0.1, -0.05) is 0 Å². The van der Waals surface area contributed by atoms with Gasteiger partial charge in [-0.3, -0.25) is 4.79 Å². The van der Waals surface area contributed by atoms with Gasteiger partial charge in [0.25, 0.3) is 0 Å². The summed E-state index contributed by atoms with van der Waals surface area (Å²) in [6.45, 7) is 0. The topological polar surface area (TPSA) is 17.1 Å². The van der Waals surface area contributed by atoms with Gasteiger partial charge in [0.05, 0.1) is 0 Å². The summed E-state index contributed by atoms with van der Waals surface area (Å²) in [5.74, 6) is -0.218. The van der Waals surface area contributed by atoms with Crippen LogP contribution in [0.1, 0.15) is 10.4 Å². The van der Waals surface area contributed by atoms with Gasteiger partial charge in [0.1, 0.15) is 5.82 Å². The van der Waals surface area contributed by atoms with E-state index in [4.69, 9.17) is 0 Å². The number of rotatable bonds is 2. The van der Waals surface area contributed by atoms with E-state index >= 15 is 0 Å². The molecule has 0 radical (unpaired) electrons. The van der Waals surface area contributed by atoms with E-state index in [0.29, 0.717) is 10.5 Å². The van der Waals surface area contributed by atoms with E-state index in [9.17, 15) is 9.18 Å². The predicted octanol–water partition coefficient (Wildman–Crippen LogP) is 3.57. The van der Waals surface area contributed by atoms with Gasteiger partial charge in [-0.25, -0.2) is 4.39 Å². The molecular formula is C10H7FOS2. The average molecular weight is 226 g/mol. The van der Waals surface area contributed by atoms with Crippen LogP contribution in [0.2, 0.25) is 0 Å². The Morgan fingerprint density at radius 1 is 1.50 bits per heavy atom. The minimum Gasteiger partial charge on any atom is -0.298 e. The SMILES string of the molecule is CSc1cc2c(C=O)csc2cc1F. The van der Waals surface area contributed by atoms with Crippen molar-refractivity contribution in [2.75, 3.05) is 6.26 Å². The molecule has 0 aliphatic rings. The van der Waals surface area contributed by atoms with Crippen molar-refractivity contribution >= 4 is 39.5 Å². The summed E-state index contributed by atoms with van der Waals surface area (Å²) in [6.07, 6.45) is 2.62. The van der Waals surface area contributed by atoms with Crippen LogP contribution in [0, 0.1) is 5.82 Å². The Morgan fingerprint density at radius 3 is 2.93 bits per heavy atom. The lowest BCUT2D eigenvalue weighted by molar-refractivity contribution is 0.112. The number of benzene rings is 1. The van der Waals surface area contributed by atoms with E-state index in [2.05, 4.69) is 0 Å². The van der Waals surface area contributed by atoms with Crippen LogP contribution in [0.4, 0.5) is 4.39 Å². The van der Waals surface area contributed by atoms with Crippen LogP contribution in [0.25, 0.3) is 10.1 Å². The number of fused-ring (bicyclic) bond motifs is 1. The van der Waals surface area contributed by atoms with E-state index < -0.39 is 0 Å².